The SMILES string of the molecule is O[C@]1([C@H]2CCCCN2)C[C@@H](c2ccccc2)c2ccccc21. The minimum Gasteiger partial charge on any atom is -0.383 e. The van der Waals surface area contributed by atoms with Crippen LogP contribution < -0.4 is 5.32 Å². The van der Waals surface area contributed by atoms with Crippen molar-refractivity contribution in [3.63, 3.8) is 0 Å². The molecule has 2 nitrogen and oxygen atoms in total. The van der Waals surface area contributed by atoms with Crippen LogP contribution in [0.4, 0.5) is 0 Å². The summed E-state index contributed by atoms with van der Waals surface area (Å²) in [6, 6.07) is 19.2. The molecule has 0 aromatic heterocycles. The molecule has 1 aliphatic heterocycles. The van der Waals surface area contributed by atoms with Crippen molar-refractivity contribution < 1.29 is 5.11 Å². The van der Waals surface area contributed by atoms with Gasteiger partial charge in [-0.3, -0.25) is 0 Å². The van der Waals surface area contributed by atoms with Gasteiger partial charge in [0.1, 0.15) is 5.60 Å². The molecule has 1 fully saturated rings. The van der Waals surface area contributed by atoms with Gasteiger partial charge in [0.05, 0.1) is 0 Å². The molecule has 0 spiro atoms. The summed E-state index contributed by atoms with van der Waals surface area (Å²) in [6.07, 6.45) is 4.27. The Morgan fingerprint density at radius 3 is 2.50 bits per heavy atom. The summed E-state index contributed by atoms with van der Waals surface area (Å²) in [5.41, 5.74) is 2.99. The van der Waals surface area contributed by atoms with Crippen molar-refractivity contribution in [3.05, 3.63) is 71.3 Å². The van der Waals surface area contributed by atoms with Crippen molar-refractivity contribution in [1.29, 1.82) is 0 Å². The predicted octanol–water partition coefficient (Wildman–Crippen LogP) is 3.55. The molecule has 1 saturated heterocycles. The Hall–Kier alpha value is -1.64. The Kier molecular flexibility index (Phi) is 3.51. The normalized spacial score (nSPS) is 31.0. The summed E-state index contributed by atoms with van der Waals surface area (Å²) in [4.78, 5) is 0. The Balaban J connectivity index is 1.76. The summed E-state index contributed by atoms with van der Waals surface area (Å²) >= 11 is 0. The van der Waals surface area contributed by atoms with Crippen LogP contribution in [0.5, 0.6) is 0 Å². The van der Waals surface area contributed by atoms with Gasteiger partial charge in [0.15, 0.2) is 0 Å². The molecule has 2 aromatic rings. The van der Waals surface area contributed by atoms with Gasteiger partial charge in [-0.05, 0) is 42.5 Å². The van der Waals surface area contributed by atoms with Crippen molar-refractivity contribution in [2.24, 2.45) is 0 Å². The minimum absolute atomic E-state index is 0.177. The number of hydrogen-bond donors (Lipinski definition) is 2. The molecule has 22 heavy (non-hydrogen) atoms. The molecule has 2 aromatic carbocycles. The summed E-state index contributed by atoms with van der Waals surface area (Å²) in [7, 11) is 0. The van der Waals surface area contributed by atoms with Crippen molar-refractivity contribution in [3.8, 4) is 0 Å². The van der Waals surface area contributed by atoms with E-state index in [4.69, 9.17) is 0 Å². The number of benzene rings is 2. The van der Waals surface area contributed by atoms with E-state index in [2.05, 4.69) is 59.9 Å². The van der Waals surface area contributed by atoms with E-state index in [1.54, 1.807) is 0 Å². The summed E-state index contributed by atoms with van der Waals surface area (Å²) in [5.74, 6) is 0.297. The highest BCUT2D eigenvalue weighted by Gasteiger charge is 2.47. The van der Waals surface area contributed by atoms with E-state index in [0.717, 1.165) is 24.9 Å². The molecular formula is C20H23NO. The van der Waals surface area contributed by atoms with Gasteiger partial charge in [-0.25, -0.2) is 0 Å². The van der Waals surface area contributed by atoms with Crippen molar-refractivity contribution in [1.82, 2.24) is 5.32 Å². The second kappa shape index (κ2) is 5.53. The second-order valence-corrected chi connectivity index (χ2v) is 6.68. The second-order valence-electron chi connectivity index (χ2n) is 6.68. The summed E-state index contributed by atoms with van der Waals surface area (Å²) in [5, 5.41) is 15.1. The zero-order chi connectivity index (χ0) is 15.0. The Morgan fingerprint density at radius 1 is 0.955 bits per heavy atom. The van der Waals surface area contributed by atoms with Crippen molar-refractivity contribution in [2.45, 2.75) is 43.2 Å². The van der Waals surface area contributed by atoms with Crippen LogP contribution in [0.1, 0.15) is 48.3 Å². The largest absolute Gasteiger partial charge is 0.383 e. The molecule has 0 saturated carbocycles. The smallest absolute Gasteiger partial charge is 0.106 e. The van der Waals surface area contributed by atoms with Crippen LogP contribution in [0.15, 0.2) is 54.6 Å². The average Bonchev–Trinajstić information content (AvgIpc) is 2.91. The number of aliphatic hydroxyl groups is 1. The van der Waals surface area contributed by atoms with Crippen LogP contribution in [0, 0.1) is 0 Å². The number of nitrogens with one attached hydrogen (secondary N) is 1. The van der Waals surface area contributed by atoms with E-state index < -0.39 is 5.60 Å². The lowest BCUT2D eigenvalue weighted by Crippen LogP contribution is -2.49. The molecule has 0 bridgehead atoms. The predicted molar refractivity (Wildman–Crippen MR) is 88.9 cm³/mol. The molecule has 114 valence electrons. The van der Waals surface area contributed by atoms with E-state index in [1.807, 2.05) is 0 Å². The lowest BCUT2D eigenvalue weighted by Gasteiger charge is -2.37. The number of piperidine rings is 1. The third kappa shape index (κ3) is 2.18. The first-order valence-electron chi connectivity index (χ1n) is 8.39. The highest BCUT2D eigenvalue weighted by molar-refractivity contribution is 5.47. The van der Waals surface area contributed by atoms with Gasteiger partial charge in [-0.1, -0.05) is 61.0 Å². The van der Waals surface area contributed by atoms with E-state index in [9.17, 15) is 5.11 Å². The Morgan fingerprint density at radius 2 is 1.73 bits per heavy atom. The minimum atomic E-state index is -0.739. The third-order valence-electron chi connectivity index (χ3n) is 5.41. The van der Waals surface area contributed by atoms with Crippen molar-refractivity contribution >= 4 is 0 Å². The Bertz CT molecular complexity index is 648. The van der Waals surface area contributed by atoms with Gasteiger partial charge in [0.2, 0.25) is 0 Å². The molecule has 2 N–H and O–H groups in total. The average molecular weight is 293 g/mol. The van der Waals surface area contributed by atoms with Crippen molar-refractivity contribution in [2.75, 3.05) is 6.54 Å². The van der Waals surface area contributed by atoms with Crippen LogP contribution in [0.2, 0.25) is 0 Å². The van der Waals surface area contributed by atoms with Crippen LogP contribution in [0.25, 0.3) is 0 Å². The fourth-order valence-electron chi connectivity index (χ4n) is 4.30. The topological polar surface area (TPSA) is 32.3 Å². The molecule has 4 rings (SSSR count). The maximum Gasteiger partial charge on any atom is 0.106 e. The third-order valence-corrected chi connectivity index (χ3v) is 5.41. The maximum atomic E-state index is 11.5. The molecule has 0 radical (unpaired) electrons. The van der Waals surface area contributed by atoms with E-state index >= 15 is 0 Å². The molecule has 1 heterocycles. The number of rotatable bonds is 2. The molecule has 2 aliphatic rings. The van der Waals surface area contributed by atoms with Gasteiger partial charge in [0, 0.05) is 12.0 Å². The van der Waals surface area contributed by atoms with E-state index in [1.165, 1.54) is 24.0 Å². The highest BCUT2D eigenvalue weighted by Crippen LogP contribution is 2.50. The summed E-state index contributed by atoms with van der Waals surface area (Å²) in [6.45, 7) is 1.02. The zero-order valence-electron chi connectivity index (χ0n) is 12.8. The zero-order valence-corrected chi connectivity index (χ0v) is 12.8. The van der Waals surface area contributed by atoms with Crippen LogP contribution in [-0.4, -0.2) is 17.7 Å². The fourth-order valence-corrected chi connectivity index (χ4v) is 4.30. The van der Waals surface area contributed by atoms with E-state index in [-0.39, 0.29) is 6.04 Å². The van der Waals surface area contributed by atoms with E-state index in [0.29, 0.717) is 5.92 Å². The van der Waals surface area contributed by atoms with Gasteiger partial charge in [-0.15, -0.1) is 0 Å². The number of fused-ring (bicyclic) bond motifs is 1. The first-order valence-corrected chi connectivity index (χ1v) is 8.39. The lowest BCUT2D eigenvalue weighted by atomic mass is 9.82. The van der Waals surface area contributed by atoms with Gasteiger partial charge in [0.25, 0.3) is 0 Å². The quantitative estimate of drug-likeness (QED) is 0.887. The van der Waals surface area contributed by atoms with Crippen LogP contribution >= 0.6 is 0 Å². The summed E-state index contributed by atoms with van der Waals surface area (Å²) < 4.78 is 0. The van der Waals surface area contributed by atoms with Crippen LogP contribution in [0.3, 0.4) is 0 Å². The number of hydrogen-bond acceptors (Lipinski definition) is 2. The monoisotopic (exact) mass is 293 g/mol. The fraction of sp³-hybridized carbons (Fsp3) is 0.400. The molecular weight excluding hydrogens is 270 g/mol. The standard InChI is InChI=1S/C20H23NO/c22-20(19-12-6-7-13-21-19)14-17(15-8-2-1-3-9-15)16-10-4-5-11-18(16)20/h1-5,8-11,17,19,21-22H,6-7,12-14H2/t17-,19+,20+/m0/s1. The molecule has 1 aliphatic carbocycles. The molecule has 0 amide bonds. The maximum absolute atomic E-state index is 11.5. The van der Waals surface area contributed by atoms with Gasteiger partial charge >= 0.3 is 0 Å². The first kappa shape index (κ1) is 14.0. The van der Waals surface area contributed by atoms with Gasteiger partial charge < -0.3 is 10.4 Å². The highest BCUT2D eigenvalue weighted by atomic mass is 16.3. The molecule has 0 unspecified atom stereocenters. The molecule has 2 heteroatoms. The first-order chi connectivity index (χ1) is 10.8. The Labute approximate surface area is 132 Å². The lowest BCUT2D eigenvalue weighted by molar-refractivity contribution is -0.0128. The van der Waals surface area contributed by atoms with Crippen LogP contribution in [-0.2, 0) is 5.60 Å². The molecule has 3 atom stereocenters. The van der Waals surface area contributed by atoms with Gasteiger partial charge in [-0.2, -0.15) is 0 Å².